The molecule has 1 aromatic heterocycles. The zero-order valence-electron chi connectivity index (χ0n) is 15.1. The van der Waals surface area contributed by atoms with Crippen LogP contribution in [0.3, 0.4) is 0 Å². The number of halogens is 1. The fourth-order valence-electron chi connectivity index (χ4n) is 2.47. The number of hydrogen-bond acceptors (Lipinski definition) is 4. The Morgan fingerprint density at radius 1 is 1.04 bits per heavy atom. The van der Waals surface area contributed by atoms with Crippen LogP contribution in [0.4, 0.5) is 17.1 Å². The summed E-state index contributed by atoms with van der Waals surface area (Å²) in [5.41, 5.74) is 3.64. The van der Waals surface area contributed by atoms with Crippen LogP contribution in [0.5, 0.6) is 5.75 Å². The highest BCUT2D eigenvalue weighted by molar-refractivity contribution is 6.31. The van der Waals surface area contributed by atoms with Crippen LogP contribution in [-0.2, 0) is 0 Å². The maximum atomic E-state index is 12.5. The lowest BCUT2D eigenvalue weighted by Gasteiger charge is -2.10. The Morgan fingerprint density at radius 3 is 2.48 bits per heavy atom. The smallest absolute Gasteiger partial charge is 0.257 e. The number of ether oxygens (including phenoxy) is 1. The van der Waals surface area contributed by atoms with E-state index in [1.165, 1.54) is 6.20 Å². The zero-order valence-corrected chi connectivity index (χ0v) is 15.9. The molecule has 3 rings (SSSR count). The van der Waals surface area contributed by atoms with Gasteiger partial charge >= 0.3 is 0 Å². The highest BCUT2D eigenvalue weighted by Crippen LogP contribution is 2.22. The summed E-state index contributed by atoms with van der Waals surface area (Å²) >= 11 is 6.11. The van der Waals surface area contributed by atoms with Crippen molar-refractivity contribution in [1.29, 1.82) is 0 Å². The first kappa shape index (κ1) is 18.7. The second-order valence-corrected chi connectivity index (χ2v) is 6.37. The van der Waals surface area contributed by atoms with Gasteiger partial charge in [0, 0.05) is 22.6 Å². The lowest BCUT2D eigenvalue weighted by molar-refractivity contribution is 0.102. The van der Waals surface area contributed by atoms with Crippen molar-refractivity contribution in [3.8, 4) is 5.75 Å². The number of nitrogens with zero attached hydrogens (tertiary/aromatic N) is 1. The molecule has 3 aromatic rings. The number of rotatable bonds is 6. The summed E-state index contributed by atoms with van der Waals surface area (Å²) in [5, 5.41) is 6.67. The third-order valence-corrected chi connectivity index (χ3v) is 4.29. The van der Waals surface area contributed by atoms with E-state index in [1.54, 1.807) is 18.3 Å². The second-order valence-electron chi connectivity index (χ2n) is 5.96. The minimum absolute atomic E-state index is 0.252. The van der Waals surface area contributed by atoms with Gasteiger partial charge in [0.1, 0.15) is 5.75 Å². The van der Waals surface area contributed by atoms with Crippen LogP contribution < -0.4 is 15.4 Å². The van der Waals surface area contributed by atoms with Gasteiger partial charge in [0.05, 0.1) is 24.1 Å². The molecule has 0 radical (unpaired) electrons. The van der Waals surface area contributed by atoms with Gasteiger partial charge < -0.3 is 15.4 Å². The molecular formula is C21H20ClN3O2. The van der Waals surface area contributed by atoms with E-state index in [0.717, 1.165) is 17.0 Å². The molecule has 0 aliphatic carbocycles. The molecule has 0 bridgehead atoms. The van der Waals surface area contributed by atoms with Crippen molar-refractivity contribution in [2.24, 2.45) is 0 Å². The number of aromatic nitrogens is 1. The molecule has 6 heteroatoms. The average Bonchev–Trinajstić information content (AvgIpc) is 2.67. The molecule has 27 heavy (non-hydrogen) atoms. The zero-order chi connectivity index (χ0) is 19.2. The Bertz CT molecular complexity index is 942. The standard InChI is InChI=1S/C21H20ClN3O2/c1-3-27-19-8-6-16(7-9-19)24-18-10-15(12-23-13-18)21(26)25-17-5-4-14(2)20(22)11-17/h4-13,24H,3H2,1-2H3,(H,25,26). The first-order valence-electron chi connectivity index (χ1n) is 8.57. The predicted octanol–water partition coefficient (Wildman–Crippen LogP) is 5.44. The Morgan fingerprint density at radius 2 is 1.78 bits per heavy atom. The first-order chi connectivity index (χ1) is 13.0. The fourth-order valence-corrected chi connectivity index (χ4v) is 2.65. The van der Waals surface area contributed by atoms with Crippen molar-refractivity contribution in [2.45, 2.75) is 13.8 Å². The van der Waals surface area contributed by atoms with Crippen LogP contribution in [0.2, 0.25) is 5.02 Å². The van der Waals surface area contributed by atoms with Crippen molar-refractivity contribution < 1.29 is 9.53 Å². The molecule has 138 valence electrons. The van der Waals surface area contributed by atoms with Crippen LogP contribution in [0.15, 0.2) is 60.9 Å². The third-order valence-electron chi connectivity index (χ3n) is 3.88. The van der Waals surface area contributed by atoms with Crippen LogP contribution in [-0.4, -0.2) is 17.5 Å². The molecule has 0 saturated heterocycles. The molecule has 0 saturated carbocycles. The van der Waals surface area contributed by atoms with Gasteiger partial charge in [0.15, 0.2) is 0 Å². The average molecular weight is 382 g/mol. The number of nitrogens with one attached hydrogen (secondary N) is 2. The molecule has 1 amide bonds. The molecule has 2 N–H and O–H groups in total. The number of benzene rings is 2. The summed E-state index contributed by atoms with van der Waals surface area (Å²) in [6.07, 6.45) is 3.18. The molecule has 0 unspecified atom stereocenters. The highest BCUT2D eigenvalue weighted by atomic mass is 35.5. The third kappa shape index (κ3) is 4.99. The topological polar surface area (TPSA) is 63.2 Å². The van der Waals surface area contributed by atoms with Crippen LogP contribution in [0, 0.1) is 6.92 Å². The summed E-state index contributed by atoms with van der Waals surface area (Å²) in [6, 6.07) is 14.7. The summed E-state index contributed by atoms with van der Waals surface area (Å²) in [5.74, 6) is 0.559. The van der Waals surface area contributed by atoms with Gasteiger partial charge in [-0.15, -0.1) is 0 Å². The van der Waals surface area contributed by atoms with Gasteiger partial charge in [-0.05, 0) is 61.9 Å². The van der Waals surface area contributed by atoms with E-state index < -0.39 is 0 Å². The van der Waals surface area contributed by atoms with Gasteiger partial charge in [0.25, 0.3) is 5.91 Å². The summed E-state index contributed by atoms with van der Waals surface area (Å²) in [7, 11) is 0. The fraction of sp³-hybridized carbons (Fsp3) is 0.143. The van der Waals surface area contributed by atoms with E-state index in [-0.39, 0.29) is 5.91 Å². The van der Waals surface area contributed by atoms with Crippen molar-refractivity contribution in [3.63, 3.8) is 0 Å². The molecule has 0 atom stereocenters. The van der Waals surface area contributed by atoms with E-state index in [9.17, 15) is 4.79 Å². The lowest BCUT2D eigenvalue weighted by atomic mass is 10.2. The molecule has 1 heterocycles. The number of carbonyl (C=O) groups is 1. The van der Waals surface area contributed by atoms with E-state index in [2.05, 4.69) is 15.6 Å². The Labute approximate surface area is 163 Å². The number of pyridine rings is 1. The van der Waals surface area contributed by atoms with Gasteiger partial charge in [-0.1, -0.05) is 17.7 Å². The van der Waals surface area contributed by atoms with Crippen LogP contribution in [0.1, 0.15) is 22.8 Å². The Kier molecular flexibility index (Phi) is 5.94. The predicted molar refractivity (Wildman–Crippen MR) is 109 cm³/mol. The van der Waals surface area contributed by atoms with E-state index in [0.29, 0.717) is 28.6 Å². The van der Waals surface area contributed by atoms with Gasteiger partial charge in [-0.2, -0.15) is 0 Å². The van der Waals surface area contributed by atoms with Gasteiger partial charge in [-0.3, -0.25) is 9.78 Å². The second kappa shape index (κ2) is 8.56. The quantitative estimate of drug-likeness (QED) is 0.597. The molecule has 0 aliphatic heterocycles. The SMILES string of the molecule is CCOc1ccc(Nc2cncc(C(=O)Nc3ccc(C)c(Cl)c3)c2)cc1. The number of amides is 1. The van der Waals surface area contributed by atoms with Crippen LogP contribution in [0.25, 0.3) is 0 Å². The lowest BCUT2D eigenvalue weighted by Crippen LogP contribution is -2.12. The number of aryl methyl sites for hydroxylation is 1. The number of anilines is 3. The summed E-state index contributed by atoms with van der Waals surface area (Å²) in [6.45, 7) is 4.48. The van der Waals surface area contributed by atoms with Crippen LogP contribution >= 0.6 is 11.6 Å². The minimum Gasteiger partial charge on any atom is -0.494 e. The molecule has 2 aromatic carbocycles. The number of hydrogen-bond donors (Lipinski definition) is 2. The number of carbonyl (C=O) groups excluding carboxylic acids is 1. The summed E-state index contributed by atoms with van der Waals surface area (Å²) in [4.78, 5) is 16.6. The van der Waals surface area contributed by atoms with Gasteiger partial charge in [-0.25, -0.2) is 0 Å². The Balaban J connectivity index is 1.70. The van der Waals surface area contributed by atoms with E-state index in [1.807, 2.05) is 50.2 Å². The maximum Gasteiger partial charge on any atom is 0.257 e. The normalized spacial score (nSPS) is 10.3. The summed E-state index contributed by atoms with van der Waals surface area (Å²) < 4.78 is 5.43. The minimum atomic E-state index is -0.252. The molecule has 0 fully saturated rings. The van der Waals surface area contributed by atoms with E-state index >= 15 is 0 Å². The molecule has 0 spiro atoms. The first-order valence-corrected chi connectivity index (χ1v) is 8.95. The van der Waals surface area contributed by atoms with Gasteiger partial charge in [0.2, 0.25) is 0 Å². The van der Waals surface area contributed by atoms with Crippen molar-refractivity contribution in [3.05, 3.63) is 77.1 Å². The van der Waals surface area contributed by atoms with Crippen molar-refractivity contribution >= 4 is 34.6 Å². The highest BCUT2D eigenvalue weighted by Gasteiger charge is 2.09. The molecular weight excluding hydrogens is 362 g/mol. The maximum absolute atomic E-state index is 12.5. The van der Waals surface area contributed by atoms with Crippen molar-refractivity contribution in [1.82, 2.24) is 4.98 Å². The monoisotopic (exact) mass is 381 g/mol. The molecule has 0 aliphatic rings. The molecule has 5 nitrogen and oxygen atoms in total. The van der Waals surface area contributed by atoms with Crippen molar-refractivity contribution in [2.75, 3.05) is 17.2 Å². The van der Waals surface area contributed by atoms with E-state index in [4.69, 9.17) is 16.3 Å². The Hall–Kier alpha value is -3.05. The largest absolute Gasteiger partial charge is 0.494 e.